The van der Waals surface area contributed by atoms with E-state index >= 15 is 0 Å². The van der Waals surface area contributed by atoms with Gasteiger partial charge in [0.1, 0.15) is 22.8 Å². The van der Waals surface area contributed by atoms with Crippen LogP contribution in [-0.4, -0.2) is 17.0 Å². The van der Waals surface area contributed by atoms with Gasteiger partial charge in [-0.2, -0.15) is 0 Å². The molecule has 0 spiro atoms. The third-order valence-electron chi connectivity index (χ3n) is 5.85. The number of nitrogens with one attached hydrogen (secondary N) is 1. The van der Waals surface area contributed by atoms with E-state index in [4.69, 9.17) is 16.0 Å². The van der Waals surface area contributed by atoms with Gasteiger partial charge in [-0.1, -0.05) is 35.4 Å². The second-order valence-electron chi connectivity index (χ2n) is 8.44. The average molecular weight is 485 g/mol. The molecule has 0 bridgehead atoms. The molecule has 0 saturated heterocycles. The molecule has 2 amide bonds. The number of nitrogens with zero attached hydrogens (tertiary/aromatic N) is 1. The van der Waals surface area contributed by atoms with Crippen molar-refractivity contribution in [3.8, 4) is 11.1 Å². The molecule has 1 aliphatic carbocycles. The van der Waals surface area contributed by atoms with Gasteiger partial charge < -0.3 is 14.6 Å². The summed E-state index contributed by atoms with van der Waals surface area (Å²) < 4.78 is 47.7. The Morgan fingerprint density at radius 2 is 1.74 bits per heavy atom. The number of carbonyl (C=O) groups excluding carboxylic acids is 1. The number of anilines is 1. The summed E-state index contributed by atoms with van der Waals surface area (Å²) in [5, 5.41) is 3.75. The topological polar surface area (TPSA) is 45.5 Å². The van der Waals surface area contributed by atoms with Crippen LogP contribution in [0.15, 0.2) is 59.0 Å². The van der Waals surface area contributed by atoms with Gasteiger partial charge in [0, 0.05) is 34.1 Å². The van der Waals surface area contributed by atoms with E-state index < -0.39 is 29.2 Å². The minimum Gasteiger partial charge on any atom is -0.459 e. The molecule has 8 heteroatoms. The minimum absolute atomic E-state index is 0.0899. The molecule has 4 aromatic rings. The lowest BCUT2D eigenvalue weighted by atomic mass is 10.0. The smallest absolute Gasteiger partial charge is 0.322 e. The molecule has 1 aromatic heterocycles. The van der Waals surface area contributed by atoms with E-state index in [2.05, 4.69) is 5.32 Å². The maximum Gasteiger partial charge on any atom is 0.322 e. The zero-order valence-corrected chi connectivity index (χ0v) is 18.9. The zero-order valence-electron chi connectivity index (χ0n) is 18.2. The highest BCUT2D eigenvalue weighted by Crippen LogP contribution is 2.38. The monoisotopic (exact) mass is 484 g/mol. The SMILES string of the molecule is Cc1ccc2oc(CN(C(=O)Nc3c(F)cc(F)cc3F)C3CC3)c(-c3ccc(Cl)cc3)c2c1. The van der Waals surface area contributed by atoms with Crippen molar-refractivity contribution in [3.63, 3.8) is 0 Å². The summed E-state index contributed by atoms with van der Waals surface area (Å²) in [6.45, 7) is 2.07. The van der Waals surface area contributed by atoms with Crippen LogP contribution in [-0.2, 0) is 6.54 Å². The summed E-state index contributed by atoms with van der Waals surface area (Å²) >= 11 is 6.08. The van der Waals surface area contributed by atoms with Crippen molar-refractivity contribution in [1.82, 2.24) is 4.90 Å². The van der Waals surface area contributed by atoms with Crippen LogP contribution in [0.1, 0.15) is 24.2 Å². The van der Waals surface area contributed by atoms with Crippen molar-refractivity contribution >= 4 is 34.3 Å². The Labute approximate surface area is 198 Å². The van der Waals surface area contributed by atoms with Crippen molar-refractivity contribution < 1.29 is 22.4 Å². The number of hydrogen-bond acceptors (Lipinski definition) is 2. The molecule has 3 aromatic carbocycles. The normalized spacial score (nSPS) is 13.3. The molecule has 0 atom stereocenters. The number of benzene rings is 3. The fourth-order valence-corrected chi connectivity index (χ4v) is 4.18. The molecule has 0 unspecified atom stereocenters. The van der Waals surface area contributed by atoms with Crippen LogP contribution in [0.25, 0.3) is 22.1 Å². The Morgan fingerprint density at radius 3 is 2.38 bits per heavy atom. The summed E-state index contributed by atoms with van der Waals surface area (Å²) in [5.74, 6) is -2.87. The van der Waals surface area contributed by atoms with E-state index in [1.165, 1.54) is 4.90 Å². The molecule has 5 rings (SSSR count). The standard InChI is InChI=1S/C26H20ClF3N2O2/c1-14-2-9-22-19(10-14)24(15-3-5-16(27)6-4-15)23(34-22)13-32(18-7-8-18)26(33)31-25-20(29)11-17(28)12-21(25)30/h2-6,9-12,18H,7-8,13H2,1H3,(H,31,33). The summed E-state index contributed by atoms with van der Waals surface area (Å²) in [6, 6.07) is 13.4. The molecule has 1 fully saturated rings. The van der Waals surface area contributed by atoms with Crippen LogP contribution in [0.3, 0.4) is 0 Å². The zero-order chi connectivity index (χ0) is 24.0. The van der Waals surface area contributed by atoms with E-state index in [0.29, 0.717) is 28.5 Å². The lowest BCUT2D eigenvalue weighted by Gasteiger charge is -2.23. The molecular formula is C26H20ClF3N2O2. The highest BCUT2D eigenvalue weighted by atomic mass is 35.5. The molecule has 34 heavy (non-hydrogen) atoms. The van der Waals surface area contributed by atoms with Crippen LogP contribution in [0.4, 0.5) is 23.7 Å². The van der Waals surface area contributed by atoms with Gasteiger partial charge in [-0.15, -0.1) is 0 Å². The van der Waals surface area contributed by atoms with Crippen LogP contribution in [0.2, 0.25) is 5.02 Å². The number of aryl methyl sites for hydroxylation is 1. The van der Waals surface area contributed by atoms with E-state index in [0.717, 1.165) is 34.9 Å². The first kappa shape index (κ1) is 22.3. The lowest BCUT2D eigenvalue weighted by Crippen LogP contribution is -2.36. The van der Waals surface area contributed by atoms with Gasteiger partial charge in [0.2, 0.25) is 0 Å². The van der Waals surface area contributed by atoms with Gasteiger partial charge in [-0.3, -0.25) is 0 Å². The minimum atomic E-state index is -1.18. The molecule has 1 N–H and O–H groups in total. The van der Waals surface area contributed by atoms with Crippen molar-refractivity contribution in [3.05, 3.63) is 88.4 Å². The predicted octanol–water partition coefficient (Wildman–Crippen LogP) is 7.68. The van der Waals surface area contributed by atoms with Gasteiger partial charge in [-0.25, -0.2) is 18.0 Å². The van der Waals surface area contributed by atoms with E-state index in [1.54, 1.807) is 12.1 Å². The average Bonchev–Trinajstić information content (AvgIpc) is 3.56. The van der Waals surface area contributed by atoms with Crippen molar-refractivity contribution in [2.75, 3.05) is 5.32 Å². The number of urea groups is 1. The first-order chi connectivity index (χ1) is 16.3. The second-order valence-corrected chi connectivity index (χ2v) is 8.88. The maximum atomic E-state index is 14.1. The van der Waals surface area contributed by atoms with Crippen LogP contribution in [0.5, 0.6) is 0 Å². The highest BCUT2D eigenvalue weighted by molar-refractivity contribution is 6.30. The summed E-state index contributed by atoms with van der Waals surface area (Å²) in [5.41, 5.74) is 2.73. The number of fused-ring (bicyclic) bond motifs is 1. The molecule has 1 aliphatic rings. The number of furan rings is 1. The molecule has 1 heterocycles. The first-order valence-corrected chi connectivity index (χ1v) is 11.2. The van der Waals surface area contributed by atoms with Crippen molar-refractivity contribution in [2.24, 2.45) is 0 Å². The molecule has 1 saturated carbocycles. The number of rotatable bonds is 5. The van der Waals surface area contributed by atoms with Gasteiger partial charge in [-0.05, 0) is 49.6 Å². The van der Waals surface area contributed by atoms with Crippen molar-refractivity contribution in [2.45, 2.75) is 32.4 Å². The Bertz CT molecular complexity index is 1370. The van der Waals surface area contributed by atoms with Gasteiger partial charge >= 0.3 is 6.03 Å². The third kappa shape index (κ3) is 4.35. The van der Waals surface area contributed by atoms with Gasteiger partial charge in [0.15, 0.2) is 11.6 Å². The van der Waals surface area contributed by atoms with E-state index in [1.807, 2.05) is 37.3 Å². The lowest BCUT2D eigenvalue weighted by molar-refractivity contribution is 0.201. The number of halogens is 4. The molecule has 4 nitrogen and oxygen atoms in total. The Balaban J connectivity index is 1.52. The summed E-state index contributed by atoms with van der Waals surface area (Å²) in [4.78, 5) is 14.6. The molecule has 174 valence electrons. The fourth-order valence-electron chi connectivity index (χ4n) is 4.05. The molecular weight excluding hydrogens is 465 g/mol. The number of carbonyl (C=O) groups is 1. The van der Waals surface area contributed by atoms with Gasteiger partial charge in [0.05, 0.1) is 6.54 Å². The Kier molecular flexibility index (Phi) is 5.73. The Hall–Kier alpha value is -3.45. The summed E-state index contributed by atoms with van der Waals surface area (Å²) in [6.07, 6.45) is 1.52. The van der Waals surface area contributed by atoms with Crippen LogP contribution >= 0.6 is 11.6 Å². The van der Waals surface area contributed by atoms with E-state index in [9.17, 15) is 18.0 Å². The second kappa shape index (κ2) is 8.72. The van der Waals surface area contributed by atoms with Gasteiger partial charge in [0.25, 0.3) is 0 Å². The quantitative estimate of drug-likeness (QED) is 0.316. The van der Waals surface area contributed by atoms with Crippen LogP contribution in [0, 0.1) is 24.4 Å². The Morgan fingerprint density at radius 1 is 1.06 bits per heavy atom. The molecule has 0 aliphatic heterocycles. The maximum absolute atomic E-state index is 14.1. The summed E-state index contributed by atoms with van der Waals surface area (Å²) in [7, 11) is 0. The molecule has 0 radical (unpaired) electrons. The largest absolute Gasteiger partial charge is 0.459 e. The van der Waals surface area contributed by atoms with Crippen LogP contribution < -0.4 is 5.32 Å². The fraction of sp³-hybridized carbons (Fsp3) is 0.192. The van der Waals surface area contributed by atoms with E-state index in [-0.39, 0.29) is 12.6 Å². The first-order valence-electron chi connectivity index (χ1n) is 10.8. The predicted molar refractivity (Wildman–Crippen MR) is 125 cm³/mol. The number of amides is 2. The highest BCUT2D eigenvalue weighted by Gasteiger charge is 2.35. The number of hydrogen-bond donors (Lipinski definition) is 1. The van der Waals surface area contributed by atoms with Crippen molar-refractivity contribution in [1.29, 1.82) is 0 Å². The third-order valence-corrected chi connectivity index (χ3v) is 6.10.